The lowest BCUT2D eigenvalue weighted by Crippen LogP contribution is -2.11. The molecule has 0 aromatic carbocycles. The predicted molar refractivity (Wildman–Crippen MR) is 73.0 cm³/mol. The first kappa shape index (κ1) is 14.2. The molecule has 1 N–H and O–H groups in total. The van der Waals surface area contributed by atoms with E-state index in [1.54, 1.807) is 0 Å². The van der Waals surface area contributed by atoms with Crippen LogP contribution in [0.1, 0.15) is 57.9 Å². The highest BCUT2D eigenvalue weighted by Crippen LogP contribution is 2.06. The molecule has 98 valence electrons. The summed E-state index contributed by atoms with van der Waals surface area (Å²) in [4.78, 5) is 0. The minimum Gasteiger partial charge on any atom is -0.313 e. The van der Waals surface area contributed by atoms with Crippen molar-refractivity contribution in [2.75, 3.05) is 6.54 Å². The molecule has 0 saturated heterocycles. The predicted octanol–water partition coefficient (Wildman–Crippen LogP) is 3.35. The van der Waals surface area contributed by atoms with Gasteiger partial charge in [0.25, 0.3) is 0 Å². The Balaban J connectivity index is 2.08. The van der Waals surface area contributed by atoms with Gasteiger partial charge < -0.3 is 5.32 Å². The Hall–Kier alpha value is -0.830. The highest BCUT2D eigenvalue weighted by molar-refractivity contribution is 5.02. The quantitative estimate of drug-likeness (QED) is 0.632. The van der Waals surface area contributed by atoms with Crippen molar-refractivity contribution in [3.63, 3.8) is 0 Å². The summed E-state index contributed by atoms with van der Waals surface area (Å²) in [6.45, 7) is 7.41. The van der Waals surface area contributed by atoms with Crippen molar-refractivity contribution >= 4 is 0 Å². The Morgan fingerprint density at radius 3 is 2.65 bits per heavy atom. The van der Waals surface area contributed by atoms with Gasteiger partial charge in [-0.25, -0.2) is 0 Å². The van der Waals surface area contributed by atoms with Crippen molar-refractivity contribution in [1.29, 1.82) is 0 Å². The summed E-state index contributed by atoms with van der Waals surface area (Å²) in [6, 6.07) is 0. The van der Waals surface area contributed by atoms with Gasteiger partial charge in [0.15, 0.2) is 0 Å². The Bertz CT molecular complexity index is 281. The molecule has 17 heavy (non-hydrogen) atoms. The SMILES string of the molecule is CCCCCCCCn1cc(CNCC)cn1. The highest BCUT2D eigenvalue weighted by Gasteiger charge is 1.97. The van der Waals surface area contributed by atoms with E-state index in [4.69, 9.17) is 0 Å². The molecule has 1 aromatic rings. The van der Waals surface area contributed by atoms with Gasteiger partial charge in [0.05, 0.1) is 6.20 Å². The largest absolute Gasteiger partial charge is 0.313 e. The van der Waals surface area contributed by atoms with Crippen LogP contribution in [0.3, 0.4) is 0 Å². The molecule has 0 bridgehead atoms. The van der Waals surface area contributed by atoms with Crippen molar-refractivity contribution in [1.82, 2.24) is 15.1 Å². The first-order valence-corrected chi connectivity index (χ1v) is 7.08. The molecule has 0 amide bonds. The van der Waals surface area contributed by atoms with Crippen molar-refractivity contribution in [2.45, 2.75) is 65.5 Å². The molecule has 0 unspecified atom stereocenters. The van der Waals surface area contributed by atoms with Gasteiger partial charge in [-0.1, -0.05) is 46.0 Å². The number of nitrogens with one attached hydrogen (secondary N) is 1. The molecule has 0 aliphatic carbocycles. The number of aromatic nitrogens is 2. The van der Waals surface area contributed by atoms with Crippen LogP contribution in [0.15, 0.2) is 12.4 Å². The molecule has 0 fully saturated rings. The Morgan fingerprint density at radius 1 is 1.12 bits per heavy atom. The van der Waals surface area contributed by atoms with E-state index in [1.807, 2.05) is 6.20 Å². The summed E-state index contributed by atoms with van der Waals surface area (Å²) in [6.07, 6.45) is 12.2. The summed E-state index contributed by atoms with van der Waals surface area (Å²) >= 11 is 0. The molecule has 0 atom stereocenters. The van der Waals surface area contributed by atoms with Gasteiger partial charge in [0, 0.05) is 24.8 Å². The minimum atomic E-state index is 0.938. The van der Waals surface area contributed by atoms with Gasteiger partial charge in [-0.3, -0.25) is 4.68 Å². The second-order valence-corrected chi connectivity index (χ2v) is 4.66. The van der Waals surface area contributed by atoms with E-state index in [0.29, 0.717) is 0 Å². The summed E-state index contributed by atoms with van der Waals surface area (Å²) in [5.74, 6) is 0. The number of nitrogens with zero attached hydrogens (tertiary/aromatic N) is 2. The van der Waals surface area contributed by atoms with Crippen LogP contribution in [0.25, 0.3) is 0 Å². The monoisotopic (exact) mass is 237 g/mol. The van der Waals surface area contributed by atoms with Crippen molar-refractivity contribution in [3.05, 3.63) is 18.0 Å². The molecule has 3 nitrogen and oxygen atoms in total. The van der Waals surface area contributed by atoms with Crippen LogP contribution in [0, 0.1) is 0 Å². The lowest BCUT2D eigenvalue weighted by molar-refractivity contribution is 0.527. The van der Waals surface area contributed by atoms with Gasteiger partial charge in [0.2, 0.25) is 0 Å². The van der Waals surface area contributed by atoms with Crippen molar-refractivity contribution < 1.29 is 0 Å². The van der Waals surface area contributed by atoms with E-state index in [0.717, 1.165) is 19.6 Å². The van der Waals surface area contributed by atoms with E-state index in [1.165, 1.54) is 44.1 Å². The van der Waals surface area contributed by atoms with Gasteiger partial charge in [-0.15, -0.1) is 0 Å². The molecule has 1 aromatic heterocycles. The van der Waals surface area contributed by atoms with Crippen molar-refractivity contribution in [2.24, 2.45) is 0 Å². The third-order valence-corrected chi connectivity index (χ3v) is 3.01. The van der Waals surface area contributed by atoms with Gasteiger partial charge in [-0.05, 0) is 13.0 Å². The summed E-state index contributed by atoms with van der Waals surface area (Å²) < 4.78 is 2.08. The maximum atomic E-state index is 4.38. The summed E-state index contributed by atoms with van der Waals surface area (Å²) in [7, 11) is 0. The van der Waals surface area contributed by atoms with E-state index < -0.39 is 0 Å². The van der Waals surface area contributed by atoms with Crippen molar-refractivity contribution in [3.8, 4) is 0 Å². The number of aryl methyl sites for hydroxylation is 1. The molecule has 3 heteroatoms. The standard InChI is InChI=1S/C14H27N3/c1-3-5-6-7-8-9-10-17-13-14(12-16-17)11-15-4-2/h12-13,15H,3-11H2,1-2H3. The molecular weight excluding hydrogens is 210 g/mol. The fourth-order valence-electron chi connectivity index (χ4n) is 1.94. The molecule has 0 aliphatic rings. The van der Waals surface area contributed by atoms with E-state index >= 15 is 0 Å². The minimum absolute atomic E-state index is 0.938. The lowest BCUT2D eigenvalue weighted by atomic mass is 10.1. The Labute approximate surface area is 106 Å². The number of rotatable bonds is 10. The highest BCUT2D eigenvalue weighted by atomic mass is 15.3. The smallest absolute Gasteiger partial charge is 0.0534 e. The van der Waals surface area contributed by atoms with Crippen LogP contribution in [0.2, 0.25) is 0 Å². The zero-order valence-corrected chi connectivity index (χ0v) is 11.4. The summed E-state index contributed by atoms with van der Waals surface area (Å²) in [5, 5.41) is 7.69. The van der Waals surface area contributed by atoms with Crippen LogP contribution >= 0.6 is 0 Å². The first-order chi connectivity index (χ1) is 8.36. The molecule has 1 rings (SSSR count). The fraction of sp³-hybridized carbons (Fsp3) is 0.786. The molecular formula is C14H27N3. The molecule has 0 spiro atoms. The molecule has 1 heterocycles. The Morgan fingerprint density at radius 2 is 1.88 bits per heavy atom. The normalized spacial score (nSPS) is 10.9. The number of unbranched alkanes of at least 4 members (excludes halogenated alkanes) is 5. The van der Waals surface area contributed by atoms with Crippen LogP contribution in [-0.4, -0.2) is 16.3 Å². The average Bonchev–Trinajstić information content (AvgIpc) is 2.79. The van der Waals surface area contributed by atoms with Crippen LogP contribution in [0.5, 0.6) is 0 Å². The molecule has 0 saturated carbocycles. The number of hydrogen-bond donors (Lipinski definition) is 1. The van der Waals surface area contributed by atoms with E-state index in [-0.39, 0.29) is 0 Å². The lowest BCUT2D eigenvalue weighted by Gasteiger charge is -2.01. The topological polar surface area (TPSA) is 29.9 Å². The third kappa shape index (κ3) is 6.47. The molecule has 0 radical (unpaired) electrons. The van der Waals surface area contributed by atoms with Gasteiger partial charge in [-0.2, -0.15) is 5.10 Å². The zero-order valence-electron chi connectivity index (χ0n) is 11.4. The Kier molecular flexibility index (Phi) is 7.72. The molecule has 0 aliphatic heterocycles. The summed E-state index contributed by atoms with van der Waals surface area (Å²) in [5.41, 5.74) is 1.29. The average molecular weight is 237 g/mol. The second-order valence-electron chi connectivity index (χ2n) is 4.66. The van der Waals surface area contributed by atoms with Crippen LogP contribution < -0.4 is 5.32 Å². The zero-order chi connectivity index (χ0) is 12.3. The maximum Gasteiger partial charge on any atom is 0.0534 e. The van der Waals surface area contributed by atoms with Crippen LogP contribution in [-0.2, 0) is 13.1 Å². The van der Waals surface area contributed by atoms with Crippen LogP contribution in [0.4, 0.5) is 0 Å². The maximum absolute atomic E-state index is 4.38. The first-order valence-electron chi connectivity index (χ1n) is 7.08. The third-order valence-electron chi connectivity index (χ3n) is 3.01. The fourth-order valence-corrected chi connectivity index (χ4v) is 1.94. The van der Waals surface area contributed by atoms with E-state index in [9.17, 15) is 0 Å². The number of hydrogen-bond acceptors (Lipinski definition) is 2. The van der Waals surface area contributed by atoms with Gasteiger partial charge >= 0.3 is 0 Å². The van der Waals surface area contributed by atoms with Gasteiger partial charge in [0.1, 0.15) is 0 Å². The van der Waals surface area contributed by atoms with E-state index in [2.05, 4.69) is 35.1 Å². The second kappa shape index (κ2) is 9.23.